The third-order valence-corrected chi connectivity index (χ3v) is 4.81. The minimum absolute atomic E-state index is 0.0442. The van der Waals surface area contributed by atoms with Crippen LogP contribution in [0.25, 0.3) is 11.4 Å². The number of carbonyl (C=O) groups excluding carboxylic acids is 2. The van der Waals surface area contributed by atoms with Gasteiger partial charge in [0.25, 0.3) is 0 Å². The van der Waals surface area contributed by atoms with Gasteiger partial charge in [0.15, 0.2) is 11.0 Å². The molecule has 1 atom stereocenters. The summed E-state index contributed by atoms with van der Waals surface area (Å²) >= 11 is 7.13. The van der Waals surface area contributed by atoms with Crippen molar-refractivity contribution in [3.05, 3.63) is 29.3 Å². The molecule has 132 valence electrons. The number of ether oxygens (including phenoxy) is 2. The number of benzene rings is 1. The lowest BCUT2D eigenvalue weighted by Crippen LogP contribution is -2.23. The Kier molecular flexibility index (Phi) is 5.60. The van der Waals surface area contributed by atoms with Crippen LogP contribution in [0.5, 0.6) is 0 Å². The van der Waals surface area contributed by atoms with E-state index in [4.69, 9.17) is 21.1 Å². The van der Waals surface area contributed by atoms with E-state index in [-0.39, 0.29) is 5.75 Å². The van der Waals surface area contributed by atoms with Crippen molar-refractivity contribution in [3.63, 3.8) is 0 Å². The summed E-state index contributed by atoms with van der Waals surface area (Å²) in [6.45, 7) is 2.91. The summed E-state index contributed by atoms with van der Waals surface area (Å²) < 4.78 is 11.8. The van der Waals surface area contributed by atoms with E-state index < -0.39 is 18.0 Å². The average Bonchev–Trinajstić information content (AvgIpc) is 3.20. The molecule has 0 saturated carbocycles. The summed E-state index contributed by atoms with van der Waals surface area (Å²) in [6, 6.07) is 7.31. The first kappa shape index (κ1) is 17.8. The van der Waals surface area contributed by atoms with Gasteiger partial charge in [-0.3, -0.25) is 4.79 Å². The molecular weight excluding hydrogens is 366 g/mol. The van der Waals surface area contributed by atoms with Crippen LogP contribution in [0.3, 0.4) is 0 Å². The summed E-state index contributed by atoms with van der Waals surface area (Å²) in [7, 11) is 0. The zero-order valence-electron chi connectivity index (χ0n) is 13.5. The second kappa shape index (κ2) is 7.88. The topological polar surface area (TPSA) is 83.3 Å². The molecule has 1 aliphatic rings. The molecule has 0 aliphatic carbocycles. The first-order chi connectivity index (χ1) is 12.1. The van der Waals surface area contributed by atoms with Gasteiger partial charge in [-0.05, 0) is 31.2 Å². The highest BCUT2D eigenvalue weighted by atomic mass is 35.5. The minimum atomic E-state index is -0.790. The van der Waals surface area contributed by atoms with E-state index in [1.54, 1.807) is 12.1 Å². The molecular formula is C16H16ClN3O4S. The normalized spacial score (nSPS) is 16.7. The fraction of sp³-hybridized carbons (Fsp3) is 0.375. The van der Waals surface area contributed by atoms with Crippen LogP contribution < -0.4 is 0 Å². The Morgan fingerprint density at radius 3 is 2.80 bits per heavy atom. The van der Waals surface area contributed by atoms with Gasteiger partial charge in [0.2, 0.25) is 6.10 Å². The number of halogens is 1. The number of cyclic esters (lactones) is 1. The minimum Gasteiger partial charge on any atom is -0.463 e. The van der Waals surface area contributed by atoms with Crippen LogP contribution in [0.1, 0.15) is 13.3 Å². The predicted octanol–water partition coefficient (Wildman–Crippen LogP) is 2.57. The van der Waals surface area contributed by atoms with Gasteiger partial charge in [0, 0.05) is 23.6 Å². The SMILES string of the molecule is CCn1c(SCC(=O)O[C@H]2CCOC2=O)nnc1-c1ccc(Cl)cc1. The molecule has 0 radical (unpaired) electrons. The van der Waals surface area contributed by atoms with Crippen molar-refractivity contribution >= 4 is 35.3 Å². The van der Waals surface area contributed by atoms with Crippen molar-refractivity contribution in [3.8, 4) is 11.4 Å². The Morgan fingerprint density at radius 1 is 1.40 bits per heavy atom. The van der Waals surface area contributed by atoms with E-state index in [1.165, 1.54) is 11.8 Å². The monoisotopic (exact) mass is 381 g/mol. The third kappa shape index (κ3) is 4.13. The third-order valence-electron chi connectivity index (χ3n) is 3.62. The molecule has 0 spiro atoms. The molecule has 0 N–H and O–H groups in total. The fourth-order valence-electron chi connectivity index (χ4n) is 2.39. The van der Waals surface area contributed by atoms with Gasteiger partial charge in [-0.1, -0.05) is 23.4 Å². The molecule has 1 aromatic carbocycles. The molecule has 3 rings (SSSR count). The molecule has 7 nitrogen and oxygen atoms in total. The van der Waals surface area contributed by atoms with Gasteiger partial charge in [-0.25, -0.2) is 4.79 Å². The average molecular weight is 382 g/mol. The standard InChI is InChI=1S/C16H16ClN3O4S/c1-2-20-14(10-3-5-11(17)6-4-10)18-19-16(20)25-9-13(21)24-12-7-8-23-15(12)22/h3-6,12H,2,7-9H2,1H3/t12-/m0/s1. The number of hydrogen-bond donors (Lipinski definition) is 0. The van der Waals surface area contributed by atoms with Crippen LogP contribution in [0, 0.1) is 0 Å². The smallest absolute Gasteiger partial charge is 0.347 e. The lowest BCUT2D eigenvalue weighted by molar-refractivity contribution is -0.158. The van der Waals surface area contributed by atoms with Crippen molar-refractivity contribution in [2.45, 2.75) is 31.1 Å². The van der Waals surface area contributed by atoms with Crippen LogP contribution in [0.4, 0.5) is 0 Å². The highest BCUT2D eigenvalue weighted by Crippen LogP contribution is 2.25. The number of aromatic nitrogens is 3. The van der Waals surface area contributed by atoms with Crippen LogP contribution in [-0.2, 0) is 25.6 Å². The van der Waals surface area contributed by atoms with E-state index >= 15 is 0 Å². The van der Waals surface area contributed by atoms with Crippen molar-refractivity contribution in [1.29, 1.82) is 0 Å². The highest BCUT2D eigenvalue weighted by Gasteiger charge is 2.30. The van der Waals surface area contributed by atoms with Crippen molar-refractivity contribution in [2.24, 2.45) is 0 Å². The fourth-order valence-corrected chi connectivity index (χ4v) is 3.30. The van der Waals surface area contributed by atoms with E-state index in [0.717, 1.165) is 5.56 Å². The summed E-state index contributed by atoms with van der Waals surface area (Å²) in [5.74, 6) is -0.218. The molecule has 0 amide bonds. The van der Waals surface area contributed by atoms with Crippen LogP contribution in [0.15, 0.2) is 29.4 Å². The first-order valence-corrected chi connectivity index (χ1v) is 9.13. The zero-order valence-corrected chi connectivity index (χ0v) is 15.0. The summed E-state index contributed by atoms with van der Waals surface area (Å²) in [6.07, 6.45) is -0.386. The van der Waals surface area contributed by atoms with Gasteiger partial charge >= 0.3 is 11.9 Å². The zero-order chi connectivity index (χ0) is 17.8. The first-order valence-electron chi connectivity index (χ1n) is 7.76. The second-order valence-electron chi connectivity index (χ2n) is 5.28. The Morgan fingerprint density at radius 2 is 2.16 bits per heavy atom. The highest BCUT2D eigenvalue weighted by molar-refractivity contribution is 7.99. The van der Waals surface area contributed by atoms with Crippen LogP contribution in [0.2, 0.25) is 5.02 Å². The van der Waals surface area contributed by atoms with E-state index in [2.05, 4.69) is 10.2 Å². The number of nitrogens with zero attached hydrogens (tertiary/aromatic N) is 3. The molecule has 25 heavy (non-hydrogen) atoms. The van der Waals surface area contributed by atoms with E-state index in [9.17, 15) is 9.59 Å². The number of thioether (sulfide) groups is 1. The number of carbonyl (C=O) groups is 2. The second-order valence-corrected chi connectivity index (χ2v) is 6.66. The predicted molar refractivity (Wildman–Crippen MR) is 92.3 cm³/mol. The molecule has 0 unspecified atom stereocenters. The van der Waals surface area contributed by atoms with Crippen molar-refractivity contribution in [1.82, 2.24) is 14.8 Å². The quantitative estimate of drug-likeness (QED) is 0.561. The van der Waals surface area contributed by atoms with E-state index in [0.29, 0.717) is 35.6 Å². The molecule has 2 heterocycles. The molecule has 1 aliphatic heterocycles. The molecule has 1 saturated heterocycles. The van der Waals surface area contributed by atoms with Crippen molar-refractivity contribution in [2.75, 3.05) is 12.4 Å². The largest absolute Gasteiger partial charge is 0.463 e. The van der Waals surface area contributed by atoms with Gasteiger partial charge < -0.3 is 14.0 Å². The van der Waals surface area contributed by atoms with Crippen molar-refractivity contribution < 1.29 is 19.1 Å². The van der Waals surface area contributed by atoms with Gasteiger partial charge in [-0.15, -0.1) is 10.2 Å². The summed E-state index contributed by atoms with van der Waals surface area (Å²) in [5, 5.41) is 9.61. The summed E-state index contributed by atoms with van der Waals surface area (Å²) in [4.78, 5) is 23.2. The lowest BCUT2D eigenvalue weighted by Gasteiger charge is -2.09. The molecule has 0 bridgehead atoms. The molecule has 1 aromatic heterocycles. The maximum atomic E-state index is 11.9. The lowest BCUT2D eigenvalue weighted by atomic mass is 10.2. The number of esters is 2. The Balaban J connectivity index is 1.65. The maximum absolute atomic E-state index is 11.9. The van der Waals surface area contributed by atoms with Gasteiger partial charge in [-0.2, -0.15) is 0 Å². The molecule has 1 fully saturated rings. The molecule has 2 aromatic rings. The Hall–Kier alpha value is -2.06. The Labute approximate surface area is 153 Å². The summed E-state index contributed by atoms with van der Waals surface area (Å²) in [5.41, 5.74) is 0.891. The van der Waals surface area contributed by atoms with Crippen LogP contribution >= 0.6 is 23.4 Å². The van der Waals surface area contributed by atoms with Crippen LogP contribution in [-0.4, -0.2) is 45.2 Å². The Bertz CT molecular complexity index is 778. The molecule has 9 heteroatoms. The number of hydrogen-bond acceptors (Lipinski definition) is 7. The van der Waals surface area contributed by atoms with Gasteiger partial charge in [0.05, 0.1) is 12.4 Å². The van der Waals surface area contributed by atoms with Gasteiger partial charge in [0.1, 0.15) is 0 Å². The maximum Gasteiger partial charge on any atom is 0.347 e. The number of rotatable bonds is 6. The van der Waals surface area contributed by atoms with E-state index in [1.807, 2.05) is 23.6 Å².